The third kappa shape index (κ3) is 4.91. The van der Waals surface area contributed by atoms with Gasteiger partial charge in [0.05, 0.1) is 18.2 Å². The fraction of sp³-hybridized carbons (Fsp3) is 0.522. The molecular weight excluding hydrogens is 432 g/mol. The molecule has 32 heavy (non-hydrogen) atoms. The zero-order valence-corrected chi connectivity index (χ0v) is 19.8. The quantitative estimate of drug-likeness (QED) is 0.657. The average molecular weight is 463 g/mol. The van der Waals surface area contributed by atoms with Gasteiger partial charge in [0, 0.05) is 56.4 Å². The lowest BCUT2D eigenvalue weighted by atomic mass is 9.94. The maximum Gasteiger partial charge on any atom is 0.338 e. The lowest BCUT2D eigenvalue weighted by molar-refractivity contribution is -0.139. The third-order valence-corrected chi connectivity index (χ3v) is 6.34. The number of ether oxygens (including phenoxy) is 1. The van der Waals surface area contributed by atoms with Crippen LogP contribution in [0, 0.1) is 0 Å². The Morgan fingerprint density at radius 2 is 1.94 bits per heavy atom. The SMILES string of the molecule is CCOC(=O)C1=C(CN2CCN(C(=O)CC)[C@H](C)C2)N(C)C(=O)N[C@@H]1c1ccccc1Cl. The number of halogens is 1. The van der Waals surface area contributed by atoms with Crippen molar-refractivity contribution in [3.63, 3.8) is 0 Å². The number of carbonyl (C=O) groups is 3. The lowest BCUT2D eigenvalue weighted by Crippen LogP contribution is -2.56. The highest BCUT2D eigenvalue weighted by Crippen LogP contribution is 2.34. The van der Waals surface area contributed by atoms with Crippen LogP contribution in [0.1, 0.15) is 38.8 Å². The van der Waals surface area contributed by atoms with Crippen molar-refractivity contribution in [1.29, 1.82) is 0 Å². The van der Waals surface area contributed by atoms with Gasteiger partial charge in [0.15, 0.2) is 0 Å². The second-order valence-electron chi connectivity index (χ2n) is 8.07. The summed E-state index contributed by atoms with van der Waals surface area (Å²) in [6, 6.07) is 6.18. The van der Waals surface area contributed by atoms with E-state index in [1.807, 2.05) is 24.8 Å². The molecule has 1 aromatic carbocycles. The molecule has 0 bridgehead atoms. The first-order valence-corrected chi connectivity index (χ1v) is 11.4. The minimum absolute atomic E-state index is 0.0462. The number of hydrogen-bond acceptors (Lipinski definition) is 5. The van der Waals surface area contributed by atoms with Gasteiger partial charge in [-0.1, -0.05) is 36.7 Å². The van der Waals surface area contributed by atoms with Crippen molar-refractivity contribution in [3.8, 4) is 0 Å². The van der Waals surface area contributed by atoms with E-state index in [0.717, 1.165) is 0 Å². The van der Waals surface area contributed by atoms with E-state index in [1.54, 1.807) is 32.2 Å². The van der Waals surface area contributed by atoms with Crippen molar-refractivity contribution in [2.75, 3.05) is 39.8 Å². The number of likely N-dealkylation sites (N-methyl/N-ethyl adjacent to an activating group) is 1. The summed E-state index contributed by atoms with van der Waals surface area (Å²) < 4.78 is 5.37. The van der Waals surface area contributed by atoms with Gasteiger partial charge in [-0.3, -0.25) is 14.6 Å². The maximum absolute atomic E-state index is 13.1. The Bertz CT molecular complexity index is 919. The molecule has 2 atom stereocenters. The predicted molar refractivity (Wildman–Crippen MR) is 122 cm³/mol. The maximum atomic E-state index is 13.1. The Morgan fingerprint density at radius 1 is 1.22 bits per heavy atom. The van der Waals surface area contributed by atoms with E-state index in [0.29, 0.717) is 54.5 Å². The highest BCUT2D eigenvalue weighted by molar-refractivity contribution is 6.31. The van der Waals surface area contributed by atoms with Crippen molar-refractivity contribution in [2.45, 2.75) is 39.3 Å². The summed E-state index contributed by atoms with van der Waals surface area (Å²) in [6.45, 7) is 8.15. The van der Waals surface area contributed by atoms with Gasteiger partial charge in [-0.25, -0.2) is 9.59 Å². The molecule has 9 heteroatoms. The third-order valence-electron chi connectivity index (χ3n) is 6.00. The number of nitrogens with one attached hydrogen (secondary N) is 1. The molecule has 174 valence electrons. The monoisotopic (exact) mass is 462 g/mol. The second-order valence-corrected chi connectivity index (χ2v) is 8.48. The first-order valence-electron chi connectivity index (χ1n) is 11.0. The number of carbonyl (C=O) groups excluding carboxylic acids is 3. The van der Waals surface area contributed by atoms with Crippen LogP contribution >= 0.6 is 11.6 Å². The molecule has 0 aliphatic carbocycles. The van der Waals surface area contributed by atoms with Gasteiger partial charge in [-0.05, 0) is 25.5 Å². The van der Waals surface area contributed by atoms with Crippen LogP contribution in [0.5, 0.6) is 0 Å². The molecule has 0 unspecified atom stereocenters. The number of nitrogens with zero attached hydrogens (tertiary/aromatic N) is 3. The molecule has 0 radical (unpaired) electrons. The minimum Gasteiger partial charge on any atom is -0.463 e. The highest BCUT2D eigenvalue weighted by Gasteiger charge is 2.39. The standard InChI is InChI=1S/C23H31ClN4O4/c1-5-19(29)28-12-11-27(13-15(28)3)14-18-20(22(30)32-6-2)21(25-23(31)26(18)4)16-9-7-8-10-17(16)24/h7-10,15,21H,5-6,11-14H2,1-4H3,(H,25,31)/t15-,21-/m1/s1. The van der Waals surface area contributed by atoms with Crippen molar-refractivity contribution < 1.29 is 19.1 Å². The van der Waals surface area contributed by atoms with E-state index >= 15 is 0 Å². The van der Waals surface area contributed by atoms with Gasteiger partial charge >= 0.3 is 12.0 Å². The van der Waals surface area contributed by atoms with Gasteiger partial charge in [0.1, 0.15) is 0 Å². The normalized spacial score (nSPS) is 22.1. The minimum atomic E-state index is -0.707. The molecule has 0 saturated carbocycles. The molecule has 1 fully saturated rings. The van der Waals surface area contributed by atoms with Crippen LogP contribution in [0.3, 0.4) is 0 Å². The summed E-state index contributed by atoms with van der Waals surface area (Å²) in [5.74, 6) is -0.344. The van der Waals surface area contributed by atoms with Crippen LogP contribution in [-0.2, 0) is 14.3 Å². The van der Waals surface area contributed by atoms with E-state index in [4.69, 9.17) is 16.3 Å². The average Bonchev–Trinajstić information content (AvgIpc) is 2.77. The summed E-state index contributed by atoms with van der Waals surface area (Å²) in [4.78, 5) is 43.6. The molecule has 2 aliphatic rings. The molecule has 0 spiro atoms. The van der Waals surface area contributed by atoms with E-state index in [9.17, 15) is 14.4 Å². The zero-order chi connectivity index (χ0) is 23.4. The number of piperazine rings is 1. The number of hydrogen-bond donors (Lipinski definition) is 1. The smallest absolute Gasteiger partial charge is 0.338 e. The van der Waals surface area contributed by atoms with Crippen LogP contribution in [0.15, 0.2) is 35.5 Å². The largest absolute Gasteiger partial charge is 0.463 e. The molecule has 2 heterocycles. The predicted octanol–water partition coefficient (Wildman–Crippen LogP) is 2.80. The van der Waals surface area contributed by atoms with Crippen molar-refractivity contribution in [1.82, 2.24) is 20.0 Å². The number of urea groups is 1. The number of rotatable bonds is 6. The molecule has 3 amide bonds. The fourth-order valence-electron chi connectivity index (χ4n) is 4.30. The molecule has 1 N–H and O–H groups in total. The molecule has 1 aromatic rings. The van der Waals surface area contributed by atoms with E-state index in [-0.39, 0.29) is 24.6 Å². The van der Waals surface area contributed by atoms with Crippen LogP contribution in [0.2, 0.25) is 5.02 Å². The summed E-state index contributed by atoms with van der Waals surface area (Å²) >= 11 is 6.42. The van der Waals surface area contributed by atoms with Crippen molar-refractivity contribution in [3.05, 3.63) is 46.1 Å². The van der Waals surface area contributed by atoms with Crippen LogP contribution < -0.4 is 5.32 Å². The molecule has 1 saturated heterocycles. The topological polar surface area (TPSA) is 82.2 Å². The fourth-order valence-corrected chi connectivity index (χ4v) is 4.55. The van der Waals surface area contributed by atoms with E-state index in [2.05, 4.69) is 10.2 Å². The Balaban J connectivity index is 1.97. The van der Waals surface area contributed by atoms with Crippen molar-refractivity contribution >= 4 is 29.5 Å². The van der Waals surface area contributed by atoms with Crippen LogP contribution in [0.4, 0.5) is 4.79 Å². The molecule has 2 aliphatic heterocycles. The van der Waals surface area contributed by atoms with E-state index < -0.39 is 12.0 Å². The molecular formula is C23H31ClN4O4. The van der Waals surface area contributed by atoms with Gasteiger partial charge in [0.25, 0.3) is 0 Å². The molecule has 3 rings (SSSR count). The zero-order valence-electron chi connectivity index (χ0n) is 19.1. The Kier molecular flexibility index (Phi) is 7.79. The van der Waals surface area contributed by atoms with Gasteiger partial charge in [0.2, 0.25) is 5.91 Å². The van der Waals surface area contributed by atoms with E-state index in [1.165, 1.54) is 4.90 Å². The van der Waals surface area contributed by atoms with Crippen molar-refractivity contribution in [2.24, 2.45) is 0 Å². The summed E-state index contributed by atoms with van der Waals surface area (Å²) in [5, 5.41) is 3.35. The molecule has 0 aromatic heterocycles. The highest BCUT2D eigenvalue weighted by atomic mass is 35.5. The summed E-state index contributed by atoms with van der Waals surface area (Å²) in [7, 11) is 1.65. The second kappa shape index (κ2) is 10.4. The number of benzene rings is 1. The van der Waals surface area contributed by atoms with Gasteiger partial charge in [-0.15, -0.1) is 0 Å². The lowest BCUT2D eigenvalue weighted by Gasteiger charge is -2.42. The Labute approximate surface area is 194 Å². The van der Waals surface area contributed by atoms with Crippen LogP contribution in [-0.4, -0.2) is 78.5 Å². The van der Waals surface area contributed by atoms with Crippen LogP contribution in [0.25, 0.3) is 0 Å². The van der Waals surface area contributed by atoms with Gasteiger partial charge in [-0.2, -0.15) is 0 Å². The Hall–Kier alpha value is -2.58. The Morgan fingerprint density at radius 3 is 2.56 bits per heavy atom. The van der Waals surface area contributed by atoms with Gasteiger partial charge < -0.3 is 15.0 Å². The molecule has 8 nitrogen and oxygen atoms in total. The first-order chi connectivity index (χ1) is 15.3. The number of esters is 1. The summed E-state index contributed by atoms with van der Waals surface area (Å²) in [5.41, 5.74) is 1.60. The first kappa shape index (κ1) is 24.1. The number of amides is 3. The summed E-state index contributed by atoms with van der Waals surface area (Å²) in [6.07, 6.45) is 0.477.